The summed E-state index contributed by atoms with van der Waals surface area (Å²) in [6.45, 7) is 3.89. The van der Waals surface area contributed by atoms with Gasteiger partial charge >= 0.3 is 6.18 Å². The van der Waals surface area contributed by atoms with Crippen molar-refractivity contribution in [1.82, 2.24) is 24.6 Å². The SMILES string of the molecule is Cc1cnn(C2(CC#N)CN(C3CCN(C(=O)c4ccnc(C(F)(F)F)c4F)CC3)C2)c1. The van der Waals surface area contributed by atoms with Crippen molar-refractivity contribution in [3.63, 3.8) is 0 Å². The van der Waals surface area contributed by atoms with E-state index in [1.54, 1.807) is 6.20 Å². The van der Waals surface area contributed by atoms with Gasteiger partial charge in [-0.2, -0.15) is 23.5 Å². The van der Waals surface area contributed by atoms with E-state index in [0.29, 0.717) is 45.4 Å². The predicted molar refractivity (Wildman–Crippen MR) is 105 cm³/mol. The molecule has 0 spiro atoms. The Morgan fingerprint density at radius 2 is 2.00 bits per heavy atom. The van der Waals surface area contributed by atoms with Crippen LogP contribution in [0.4, 0.5) is 17.6 Å². The number of aromatic nitrogens is 3. The molecule has 32 heavy (non-hydrogen) atoms. The van der Waals surface area contributed by atoms with E-state index in [1.165, 1.54) is 4.90 Å². The number of alkyl halides is 3. The lowest BCUT2D eigenvalue weighted by Gasteiger charge is -2.53. The Bertz CT molecular complexity index is 1050. The molecule has 0 bridgehead atoms. The van der Waals surface area contributed by atoms with E-state index in [2.05, 4.69) is 21.1 Å². The van der Waals surface area contributed by atoms with Gasteiger partial charge in [-0.25, -0.2) is 9.37 Å². The lowest BCUT2D eigenvalue weighted by atomic mass is 9.84. The van der Waals surface area contributed by atoms with Crippen LogP contribution >= 0.6 is 0 Å². The lowest BCUT2D eigenvalue weighted by molar-refractivity contribution is -0.143. The van der Waals surface area contributed by atoms with Gasteiger partial charge in [-0.1, -0.05) is 0 Å². The number of hydrogen-bond acceptors (Lipinski definition) is 5. The molecule has 2 saturated heterocycles. The minimum absolute atomic E-state index is 0.176. The van der Waals surface area contributed by atoms with E-state index in [4.69, 9.17) is 0 Å². The van der Waals surface area contributed by atoms with Crippen molar-refractivity contribution < 1.29 is 22.4 Å². The van der Waals surface area contributed by atoms with Crippen molar-refractivity contribution in [1.29, 1.82) is 5.26 Å². The number of nitriles is 1. The molecule has 170 valence electrons. The van der Waals surface area contributed by atoms with Crippen LogP contribution in [0.3, 0.4) is 0 Å². The molecule has 11 heteroatoms. The van der Waals surface area contributed by atoms with Crippen LogP contribution in [0, 0.1) is 24.1 Å². The molecule has 0 N–H and O–H groups in total. The fraction of sp³-hybridized carbons (Fsp3) is 0.524. The maximum absolute atomic E-state index is 14.3. The van der Waals surface area contributed by atoms with Gasteiger partial charge in [0, 0.05) is 44.6 Å². The first-order valence-corrected chi connectivity index (χ1v) is 10.3. The summed E-state index contributed by atoms with van der Waals surface area (Å²) in [7, 11) is 0. The first-order chi connectivity index (χ1) is 15.1. The highest BCUT2D eigenvalue weighted by Gasteiger charge is 2.48. The fourth-order valence-corrected chi connectivity index (χ4v) is 4.54. The number of aryl methyl sites for hydroxylation is 1. The monoisotopic (exact) mass is 450 g/mol. The van der Waals surface area contributed by atoms with E-state index >= 15 is 0 Å². The summed E-state index contributed by atoms with van der Waals surface area (Å²) in [4.78, 5) is 19.3. The standard InChI is InChI=1S/C21H22F4N6O/c1-14-10-28-31(11-14)20(5-6-26)12-30(13-20)15-3-8-29(9-4-15)19(32)16-2-7-27-18(17(16)22)21(23,24)25/h2,7,10-11,15H,3-5,8-9,12-13H2,1H3. The third kappa shape index (κ3) is 3.95. The van der Waals surface area contributed by atoms with Crippen molar-refractivity contribution >= 4 is 5.91 Å². The van der Waals surface area contributed by atoms with E-state index in [9.17, 15) is 27.6 Å². The number of carbonyl (C=O) groups is 1. The Balaban J connectivity index is 1.38. The van der Waals surface area contributed by atoms with Gasteiger partial charge in [-0.05, 0) is 31.4 Å². The van der Waals surface area contributed by atoms with Crippen LogP contribution in [0.15, 0.2) is 24.7 Å². The molecular weight excluding hydrogens is 428 g/mol. The molecule has 2 aromatic rings. The number of carbonyl (C=O) groups excluding carboxylic acids is 1. The molecule has 4 rings (SSSR count). The van der Waals surface area contributed by atoms with Gasteiger partial charge in [0.1, 0.15) is 5.54 Å². The summed E-state index contributed by atoms with van der Waals surface area (Å²) in [5, 5.41) is 13.6. The topological polar surface area (TPSA) is 78.0 Å². The van der Waals surface area contributed by atoms with Gasteiger partial charge in [0.2, 0.25) is 0 Å². The predicted octanol–water partition coefficient (Wildman–Crippen LogP) is 2.97. The first kappa shape index (κ1) is 22.2. The molecule has 1 amide bonds. The Kier molecular flexibility index (Phi) is 5.67. The second kappa shape index (κ2) is 8.16. The zero-order valence-corrected chi connectivity index (χ0v) is 17.4. The van der Waals surface area contributed by atoms with Crippen LogP contribution in [-0.2, 0) is 11.7 Å². The Labute approximate surface area is 182 Å². The summed E-state index contributed by atoms with van der Waals surface area (Å²) in [5.74, 6) is -2.39. The van der Waals surface area contributed by atoms with Gasteiger partial charge in [0.25, 0.3) is 5.91 Å². The molecule has 0 unspecified atom stereocenters. The van der Waals surface area contributed by atoms with E-state index in [0.717, 1.165) is 17.8 Å². The molecule has 2 fully saturated rings. The van der Waals surface area contributed by atoms with Crippen molar-refractivity contribution in [2.24, 2.45) is 0 Å². The smallest absolute Gasteiger partial charge is 0.338 e. The molecular formula is C21H22F4N6O. The minimum atomic E-state index is -4.96. The Morgan fingerprint density at radius 3 is 2.56 bits per heavy atom. The van der Waals surface area contributed by atoms with Gasteiger partial charge in [0.15, 0.2) is 11.5 Å². The molecule has 0 aromatic carbocycles. The Hall–Kier alpha value is -3.00. The molecule has 0 radical (unpaired) electrons. The van der Waals surface area contributed by atoms with Crippen LogP contribution in [0.1, 0.15) is 40.9 Å². The quantitative estimate of drug-likeness (QED) is 0.670. The number of amides is 1. The number of likely N-dealkylation sites (tertiary alicyclic amines) is 2. The highest BCUT2D eigenvalue weighted by atomic mass is 19.4. The number of nitrogens with zero attached hydrogens (tertiary/aromatic N) is 6. The summed E-state index contributed by atoms with van der Waals surface area (Å²) in [6, 6.07) is 3.40. The number of halogens is 4. The average Bonchev–Trinajstić information content (AvgIpc) is 3.16. The number of piperidine rings is 1. The molecule has 0 atom stereocenters. The fourth-order valence-electron chi connectivity index (χ4n) is 4.54. The third-order valence-corrected chi connectivity index (χ3v) is 6.26. The number of rotatable bonds is 4. The minimum Gasteiger partial charge on any atom is -0.338 e. The maximum Gasteiger partial charge on any atom is 0.436 e. The summed E-state index contributed by atoms with van der Waals surface area (Å²) < 4.78 is 54.8. The molecule has 7 nitrogen and oxygen atoms in total. The van der Waals surface area contributed by atoms with Gasteiger partial charge in [-0.15, -0.1) is 0 Å². The molecule has 2 aliphatic rings. The molecule has 2 aliphatic heterocycles. The third-order valence-electron chi connectivity index (χ3n) is 6.26. The van der Waals surface area contributed by atoms with Crippen molar-refractivity contribution in [2.45, 2.75) is 43.9 Å². The second-order valence-corrected chi connectivity index (χ2v) is 8.47. The van der Waals surface area contributed by atoms with E-state index in [1.807, 2.05) is 17.8 Å². The summed E-state index contributed by atoms with van der Waals surface area (Å²) >= 11 is 0. The zero-order chi connectivity index (χ0) is 23.1. The van der Waals surface area contributed by atoms with E-state index in [-0.39, 0.29) is 11.6 Å². The van der Waals surface area contributed by atoms with Gasteiger partial charge in [0.05, 0.1) is 24.3 Å². The van der Waals surface area contributed by atoms with E-state index < -0.39 is 29.2 Å². The molecule has 2 aromatic heterocycles. The van der Waals surface area contributed by atoms with Gasteiger partial charge < -0.3 is 4.90 Å². The van der Waals surface area contributed by atoms with Gasteiger partial charge in [-0.3, -0.25) is 14.4 Å². The summed E-state index contributed by atoms with van der Waals surface area (Å²) in [6.07, 6.45) is 1.09. The highest BCUT2D eigenvalue weighted by molar-refractivity contribution is 5.94. The van der Waals surface area contributed by atoms with Crippen LogP contribution in [0.2, 0.25) is 0 Å². The second-order valence-electron chi connectivity index (χ2n) is 8.47. The van der Waals surface area contributed by atoms with Crippen molar-refractivity contribution in [3.8, 4) is 6.07 Å². The van der Waals surface area contributed by atoms with Crippen LogP contribution in [-0.4, -0.2) is 62.7 Å². The largest absolute Gasteiger partial charge is 0.436 e. The molecule has 0 saturated carbocycles. The zero-order valence-electron chi connectivity index (χ0n) is 17.4. The normalized spacial score (nSPS) is 19.4. The maximum atomic E-state index is 14.3. The van der Waals surface area contributed by atoms with Crippen molar-refractivity contribution in [2.75, 3.05) is 26.2 Å². The Morgan fingerprint density at radius 1 is 1.31 bits per heavy atom. The highest BCUT2D eigenvalue weighted by Crippen LogP contribution is 2.36. The lowest BCUT2D eigenvalue weighted by Crippen LogP contribution is -2.66. The van der Waals surface area contributed by atoms with Crippen molar-refractivity contribution in [3.05, 3.63) is 47.3 Å². The van der Waals surface area contributed by atoms with Crippen LogP contribution < -0.4 is 0 Å². The molecule has 4 heterocycles. The first-order valence-electron chi connectivity index (χ1n) is 10.3. The molecule has 0 aliphatic carbocycles. The number of pyridine rings is 1. The summed E-state index contributed by atoms with van der Waals surface area (Å²) in [5.41, 5.74) is -1.65. The average molecular weight is 450 g/mol. The van der Waals surface area contributed by atoms with Crippen LogP contribution in [0.25, 0.3) is 0 Å². The van der Waals surface area contributed by atoms with Crippen LogP contribution in [0.5, 0.6) is 0 Å². The number of hydrogen-bond donors (Lipinski definition) is 0.